The van der Waals surface area contributed by atoms with E-state index in [1.54, 1.807) is 6.08 Å². The fourth-order valence-electron chi connectivity index (χ4n) is 11.0. The number of hydrogen-bond donors (Lipinski definition) is 3. The maximum Gasteiger partial charge on any atom is 0.472 e. The summed E-state index contributed by atoms with van der Waals surface area (Å²) in [5, 5.41) is 14.0. The molecule has 0 spiro atoms. The summed E-state index contributed by atoms with van der Waals surface area (Å²) in [6, 6.07) is -0.870. The lowest BCUT2D eigenvalue weighted by Gasteiger charge is -2.25. The van der Waals surface area contributed by atoms with Crippen LogP contribution in [-0.4, -0.2) is 73.4 Å². The lowest BCUT2D eigenvalue weighted by Crippen LogP contribution is -2.45. The average molecular weight is 1160 g/mol. The molecule has 0 heterocycles. The fraction of sp³-hybridized carbons (Fsp3) is 0.903. The van der Waals surface area contributed by atoms with Crippen molar-refractivity contribution in [1.29, 1.82) is 0 Å². The molecule has 3 unspecified atom stereocenters. The van der Waals surface area contributed by atoms with Crippen molar-refractivity contribution in [2.75, 3.05) is 40.9 Å². The van der Waals surface area contributed by atoms with Crippen molar-refractivity contribution in [2.45, 2.75) is 379 Å². The summed E-state index contributed by atoms with van der Waals surface area (Å²) < 4.78 is 23.8. The van der Waals surface area contributed by atoms with E-state index < -0.39 is 20.0 Å². The van der Waals surface area contributed by atoms with Gasteiger partial charge in [-0.1, -0.05) is 352 Å². The van der Waals surface area contributed by atoms with Gasteiger partial charge in [0.2, 0.25) is 5.91 Å². The molecule has 0 aliphatic rings. The van der Waals surface area contributed by atoms with Crippen LogP contribution in [0.15, 0.2) is 36.5 Å². The summed E-state index contributed by atoms with van der Waals surface area (Å²) in [5.41, 5.74) is 0. The summed E-state index contributed by atoms with van der Waals surface area (Å²) in [7, 11) is 1.56. The number of rotatable bonds is 67. The summed E-state index contributed by atoms with van der Waals surface area (Å²) in [6.45, 7) is 4.85. The predicted molar refractivity (Wildman–Crippen MR) is 355 cm³/mol. The molecular formula is C72H142N2O6P+. The molecule has 0 aliphatic heterocycles. The maximum absolute atomic E-state index is 13.0. The van der Waals surface area contributed by atoms with Crippen molar-refractivity contribution in [2.24, 2.45) is 0 Å². The number of nitrogens with zero attached hydrogens (tertiary/aromatic N) is 1. The number of phosphoric acid groups is 1. The number of carbonyl (C=O) groups excluding carboxylic acids is 1. The molecule has 1 amide bonds. The minimum Gasteiger partial charge on any atom is -0.387 e. The maximum atomic E-state index is 13.0. The second-order valence-corrected chi connectivity index (χ2v) is 27.4. The zero-order valence-electron chi connectivity index (χ0n) is 55.1. The van der Waals surface area contributed by atoms with Crippen LogP contribution in [0.5, 0.6) is 0 Å². The molecule has 3 atom stereocenters. The third kappa shape index (κ3) is 66.1. The van der Waals surface area contributed by atoms with Gasteiger partial charge in [0.25, 0.3) is 0 Å². The molecule has 3 N–H and O–H groups in total. The number of carbonyl (C=O) groups is 1. The van der Waals surface area contributed by atoms with Crippen LogP contribution in [0.3, 0.4) is 0 Å². The molecule has 0 saturated carbocycles. The smallest absolute Gasteiger partial charge is 0.387 e. The van der Waals surface area contributed by atoms with Crippen LogP contribution in [-0.2, 0) is 18.4 Å². The highest BCUT2D eigenvalue weighted by Crippen LogP contribution is 2.43. The minimum absolute atomic E-state index is 0.0555. The first-order chi connectivity index (χ1) is 39.5. The lowest BCUT2D eigenvalue weighted by molar-refractivity contribution is -0.870. The van der Waals surface area contributed by atoms with Gasteiger partial charge in [0.05, 0.1) is 39.9 Å². The number of aliphatic hydroxyl groups excluding tert-OH is 1. The molecule has 0 aliphatic carbocycles. The van der Waals surface area contributed by atoms with Crippen LogP contribution >= 0.6 is 7.82 Å². The third-order valence-corrected chi connectivity index (χ3v) is 17.6. The van der Waals surface area contributed by atoms with E-state index in [1.165, 1.54) is 302 Å². The molecule has 0 aromatic rings. The zero-order chi connectivity index (χ0) is 59.1. The Kier molecular flexibility index (Phi) is 62.2. The summed E-state index contributed by atoms with van der Waals surface area (Å²) in [4.78, 5) is 23.4. The highest BCUT2D eigenvalue weighted by Gasteiger charge is 2.28. The number of quaternary nitrogens is 1. The number of phosphoric ester groups is 1. The van der Waals surface area contributed by atoms with Gasteiger partial charge in [-0.3, -0.25) is 13.8 Å². The Balaban J connectivity index is 4.09. The van der Waals surface area contributed by atoms with Crippen LogP contribution in [0, 0.1) is 0 Å². The Hall–Kier alpha value is -1.28. The van der Waals surface area contributed by atoms with Gasteiger partial charge in [-0.15, -0.1) is 0 Å². The van der Waals surface area contributed by atoms with E-state index in [9.17, 15) is 19.4 Å². The molecule has 480 valence electrons. The first kappa shape index (κ1) is 79.7. The molecular weight excluding hydrogens is 1020 g/mol. The van der Waals surface area contributed by atoms with E-state index in [4.69, 9.17) is 9.05 Å². The highest BCUT2D eigenvalue weighted by molar-refractivity contribution is 7.47. The number of nitrogens with one attached hydrogen (secondary N) is 1. The van der Waals surface area contributed by atoms with Gasteiger partial charge in [-0.05, 0) is 44.9 Å². The van der Waals surface area contributed by atoms with Crippen LogP contribution < -0.4 is 5.32 Å². The Morgan fingerprint density at radius 3 is 0.988 bits per heavy atom. The third-order valence-electron chi connectivity index (χ3n) is 16.6. The normalized spacial score (nSPS) is 13.8. The van der Waals surface area contributed by atoms with Gasteiger partial charge in [0.15, 0.2) is 0 Å². The lowest BCUT2D eigenvalue weighted by atomic mass is 10.0. The number of aliphatic hydroxyl groups is 1. The second kappa shape index (κ2) is 63.2. The molecule has 0 radical (unpaired) electrons. The first-order valence-corrected chi connectivity index (χ1v) is 37.4. The average Bonchev–Trinajstić information content (AvgIpc) is 3.43. The standard InChI is InChI=1S/C72H141N2O6P/c1-6-8-10-12-14-16-18-20-22-24-26-28-30-32-34-36-37-38-39-41-43-45-47-49-51-53-55-57-59-61-63-65-71(75)70(69-80-81(77,78)79-68-67-74(3,4)5)73-72(76)66-64-62-60-58-56-54-52-50-48-46-44-42-40-35-33-31-29-27-25-23-21-19-17-15-13-11-9-7-2/h47,49,55,57,63,65,70-71,75H,6-46,48,50-54,56,58-62,64,66-69H2,1-5H3,(H-,73,76,77,78)/p+1/b49-47+,57-55+,65-63+. The van der Waals surface area contributed by atoms with Gasteiger partial charge in [-0.25, -0.2) is 4.57 Å². The quantitative estimate of drug-likeness (QED) is 0.0243. The van der Waals surface area contributed by atoms with Crippen LogP contribution in [0.1, 0.15) is 367 Å². The monoisotopic (exact) mass is 1160 g/mol. The SMILES string of the molecule is CCCCCCCCCCCCCCCCCCCCCCC/C=C/CC/C=C/CC/C=C/C(O)C(COP(=O)(O)OCC[N+](C)(C)C)NC(=O)CCCCCCCCCCCCCCCCCCCCCCCCCCCCCC. The topological polar surface area (TPSA) is 105 Å². The molecule has 81 heavy (non-hydrogen) atoms. The predicted octanol–water partition coefficient (Wildman–Crippen LogP) is 22.8. The molecule has 0 saturated heterocycles. The molecule has 0 fully saturated rings. The van der Waals surface area contributed by atoms with Crippen molar-refractivity contribution in [3.8, 4) is 0 Å². The minimum atomic E-state index is -4.36. The van der Waals surface area contributed by atoms with Gasteiger partial charge >= 0.3 is 7.82 Å². The Labute approximate surface area is 506 Å². The van der Waals surface area contributed by atoms with Crippen molar-refractivity contribution in [3.63, 3.8) is 0 Å². The number of allylic oxidation sites excluding steroid dienone is 5. The summed E-state index contributed by atoms with van der Waals surface area (Å²) in [6.07, 6.45) is 84.6. The van der Waals surface area contributed by atoms with Crippen LogP contribution in [0.4, 0.5) is 0 Å². The molecule has 9 heteroatoms. The molecule has 0 rings (SSSR count). The highest BCUT2D eigenvalue weighted by atomic mass is 31.2. The van der Waals surface area contributed by atoms with E-state index in [1.807, 2.05) is 27.2 Å². The summed E-state index contributed by atoms with van der Waals surface area (Å²) in [5.74, 6) is -0.183. The van der Waals surface area contributed by atoms with Gasteiger partial charge in [0, 0.05) is 6.42 Å². The molecule has 0 aromatic carbocycles. The summed E-state index contributed by atoms with van der Waals surface area (Å²) >= 11 is 0. The number of unbranched alkanes of at least 4 members (excludes halogenated alkanes) is 50. The Bertz CT molecular complexity index is 1410. The number of likely N-dealkylation sites (N-methyl/N-ethyl adjacent to an activating group) is 1. The van der Waals surface area contributed by atoms with Crippen molar-refractivity contribution >= 4 is 13.7 Å². The molecule has 0 aromatic heterocycles. The Morgan fingerprint density at radius 1 is 0.407 bits per heavy atom. The first-order valence-electron chi connectivity index (χ1n) is 35.9. The molecule has 8 nitrogen and oxygen atoms in total. The zero-order valence-corrected chi connectivity index (χ0v) is 55.9. The molecule has 0 bridgehead atoms. The van der Waals surface area contributed by atoms with E-state index in [-0.39, 0.29) is 19.1 Å². The Morgan fingerprint density at radius 2 is 0.679 bits per heavy atom. The van der Waals surface area contributed by atoms with Gasteiger partial charge < -0.3 is 19.8 Å². The number of hydrogen-bond acceptors (Lipinski definition) is 5. The van der Waals surface area contributed by atoms with Crippen LogP contribution in [0.2, 0.25) is 0 Å². The van der Waals surface area contributed by atoms with E-state index in [0.29, 0.717) is 17.4 Å². The van der Waals surface area contributed by atoms with Crippen molar-refractivity contribution < 1.29 is 32.9 Å². The largest absolute Gasteiger partial charge is 0.472 e. The number of amides is 1. The van der Waals surface area contributed by atoms with Crippen molar-refractivity contribution in [3.05, 3.63) is 36.5 Å². The fourth-order valence-corrected chi connectivity index (χ4v) is 11.8. The van der Waals surface area contributed by atoms with E-state index in [0.717, 1.165) is 44.9 Å². The van der Waals surface area contributed by atoms with Crippen LogP contribution in [0.25, 0.3) is 0 Å². The van der Waals surface area contributed by atoms with E-state index in [2.05, 4.69) is 43.5 Å². The van der Waals surface area contributed by atoms with Gasteiger partial charge in [-0.2, -0.15) is 0 Å². The second-order valence-electron chi connectivity index (χ2n) is 26.0. The van der Waals surface area contributed by atoms with Gasteiger partial charge in [0.1, 0.15) is 13.2 Å². The van der Waals surface area contributed by atoms with Crippen molar-refractivity contribution in [1.82, 2.24) is 5.32 Å². The van der Waals surface area contributed by atoms with E-state index >= 15 is 0 Å².